The molecule has 8 heteroatoms. The molecule has 3 N–H and O–H groups in total. The van der Waals surface area contributed by atoms with Crippen LogP contribution in [0.25, 0.3) is 0 Å². The van der Waals surface area contributed by atoms with Gasteiger partial charge in [-0.25, -0.2) is 0 Å². The van der Waals surface area contributed by atoms with Crippen molar-refractivity contribution in [3.8, 4) is 0 Å². The van der Waals surface area contributed by atoms with Crippen LogP contribution < -0.4 is 10.6 Å². The second kappa shape index (κ2) is 10.2. The number of carbonyl (C=O) groups is 3. The average molecular weight is 458 g/mol. The molecule has 4 rings (SSSR count). The second-order valence-corrected chi connectivity index (χ2v) is 9.37. The summed E-state index contributed by atoms with van der Waals surface area (Å²) in [6.45, 7) is 3.14. The highest BCUT2D eigenvalue weighted by molar-refractivity contribution is 6.01. The molecule has 180 valence electrons. The third-order valence-electron chi connectivity index (χ3n) is 7.28. The smallest absolute Gasteiger partial charge is 0.245 e. The lowest BCUT2D eigenvalue weighted by molar-refractivity contribution is -0.141. The third kappa shape index (κ3) is 4.38. The van der Waals surface area contributed by atoms with Crippen molar-refractivity contribution >= 4 is 23.4 Å². The van der Waals surface area contributed by atoms with Gasteiger partial charge < -0.3 is 25.4 Å². The van der Waals surface area contributed by atoms with Crippen LogP contribution in [-0.2, 0) is 19.1 Å². The van der Waals surface area contributed by atoms with E-state index in [4.69, 9.17) is 9.84 Å². The monoisotopic (exact) mass is 457 g/mol. The number of aliphatic hydroxyl groups excluding tert-OH is 1. The summed E-state index contributed by atoms with van der Waals surface area (Å²) in [5.74, 6) is -1.84. The van der Waals surface area contributed by atoms with Gasteiger partial charge in [-0.3, -0.25) is 14.4 Å². The molecular formula is C25H35N3O5. The summed E-state index contributed by atoms with van der Waals surface area (Å²) in [6.07, 6.45) is 4.85. The van der Waals surface area contributed by atoms with Crippen molar-refractivity contribution in [1.29, 1.82) is 0 Å². The topological polar surface area (TPSA) is 108 Å². The van der Waals surface area contributed by atoms with Crippen LogP contribution in [0.15, 0.2) is 30.3 Å². The van der Waals surface area contributed by atoms with Crippen molar-refractivity contribution < 1.29 is 24.2 Å². The molecule has 1 aromatic carbocycles. The number of para-hydroxylation sites is 1. The number of fused-ring (bicyclic) bond motifs is 1. The Balaban J connectivity index is 1.58. The predicted molar refractivity (Wildman–Crippen MR) is 123 cm³/mol. The van der Waals surface area contributed by atoms with Crippen LogP contribution >= 0.6 is 0 Å². The van der Waals surface area contributed by atoms with Gasteiger partial charge in [0, 0.05) is 25.4 Å². The Bertz CT molecular complexity index is 863. The summed E-state index contributed by atoms with van der Waals surface area (Å²) in [5, 5.41) is 15.0. The highest BCUT2D eigenvalue weighted by Gasteiger charge is 2.74. The largest absolute Gasteiger partial charge is 0.396 e. The Morgan fingerprint density at radius 2 is 1.94 bits per heavy atom. The van der Waals surface area contributed by atoms with Gasteiger partial charge in [-0.2, -0.15) is 0 Å². The van der Waals surface area contributed by atoms with Crippen LogP contribution in [0.3, 0.4) is 0 Å². The molecule has 3 amide bonds. The lowest BCUT2D eigenvalue weighted by Crippen LogP contribution is -2.55. The molecule has 33 heavy (non-hydrogen) atoms. The SMILES string of the molecule is CCCCNC(=O)C1N(CCCCCO)C(=O)[C@@H]2[C@H](C(=O)Nc3ccccc3)[C@@H]3CCC12O3. The number of hydrogen-bond acceptors (Lipinski definition) is 5. The fourth-order valence-electron chi connectivity index (χ4n) is 5.80. The summed E-state index contributed by atoms with van der Waals surface area (Å²) >= 11 is 0. The van der Waals surface area contributed by atoms with Gasteiger partial charge in [-0.05, 0) is 50.7 Å². The standard InChI is InChI=1S/C25H35N3O5/c1-2-3-14-26-23(31)21-25-13-12-18(33-25)19(22(30)27-17-10-6-4-7-11-17)20(25)24(32)28(21)15-8-5-9-16-29/h4,6-7,10-11,18-21,29H,2-3,5,8-9,12-16H2,1H3,(H,26,31)(H,27,30)/t18-,19+,20-,21?,25?/m0/s1. The molecule has 0 aliphatic carbocycles. The fraction of sp³-hybridized carbons (Fsp3) is 0.640. The number of unbranched alkanes of at least 4 members (excludes halogenated alkanes) is 3. The second-order valence-electron chi connectivity index (χ2n) is 9.37. The van der Waals surface area contributed by atoms with E-state index in [1.165, 1.54) is 0 Å². The predicted octanol–water partition coefficient (Wildman–Crippen LogP) is 2.08. The van der Waals surface area contributed by atoms with Crippen LogP contribution in [-0.4, -0.2) is 65.2 Å². The molecule has 3 fully saturated rings. The van der Waals surface area contributed by atoms with Crippen molar-refractivity contribution in [3.63, 3.8) is 0 Å². The maximum absolute atomic E-state index is 13.7. The molecule has 2 unspecified atom stereocenters. The Morgan fingerprint density at radius 1 is 1.15 bits per heavy atom. The normalized spacial score (nSPS) is 29.9. The lowest BCUT2D eigenvalue weighted by atomic mass is 9.70. The Kier molecular flexibility index (Phi) is 7.34. The number of nitrogens with zero attached hydrogens (tertiary/aromatic N) is 1. The number of nitrogens with one attached hydrogen (secondary N) is 2. The maximum Gasteiger partial charge on any atom is 0.245 e. The molecule has 3 aliphatic heterocycles. The zero-order chi connectivity index (χ0) is 23.4. The molecule has 3 aliphatic rings. The molecule has 2 bridgehead atoms. The number of benzene rings is 1. The number of hydrogen-bond donors (Lipinski definition) is 3. The summed E-state index contributed by atoms with van der Waals surface area (Å²) in [7, 11) is 0. The van der Waals surface area contributed by atoms with Gasteiger partial charge in [0.05, 0.1) is 17.9 Å². The minimum absolute atomic E-state index is 0.105. The van der Waals surface area contributed by atoms with Gasteiger partial charge in [0.2, 0.25) is 17.7 Å². The highest BCUT2D eigenvalue weighted by atomic mass is 16.5. The van der Waals surface area contributed by atoms with Gasteiger partial charge in [0.25, 0.3) is 0 Å². The quantitative estimate of drug-likeness (QED) is 0.441. The van der Waals surface area contributed by atoms with E-state index in [0.717, 1.165) is 19.3 Å². The molecule has 3 saturated heterocycles. The number of aliphatic hydroxyl groups is 1. The van der Waals surface area contributed by atoms with E-state index in [9.17, 15) is 14.4 Å². The Labute approximate surface area is 195 Å². The van der Waals surface area contributed by atoms with E-state index in [1.54, 1.807) is 4.90 Å². The van der Waals surface area contributed by atoms with Crippen LogP contribution in [0.1, 0.15) is 51.9 Å². The summed E-state index contributed by atoms with van der Waals surface area (Å²) in [4.78, 5) is 42.0. The third-order valence-corrected chi connectivity index (χ3v) is 7.28. The summed E-state index contributed by atoms with van der Waals surface area (Å²) in [5.41, 5.74) is -0.271. The van der Waals surface area contributed by atoms with Crippen molar-refractivity contribution in [1.82, 2.24) is 10.2 Å². The number of carbonyl (C=O) groups excluding carboxylic acids is 3. The van der Waals surface area contributed by atoms with Crippen molar-refractivity contribution in [3.05, 3.63) is 30.3 Å². The van der Waals surface area contributed by atoms with E-state index in [1.807, 2.05) is 30.3 Å². The minimum Gasteiger partial charge on any atom is -0.396 e. The van der Waals surface area contributed by atoms with Gasteiger partial charge in [-0.1, -0.05) is 31.5 Å². The zero-order valence-corrected chi connectivity index (χ0v) is 19.3. The van der Waals surface area contributed by atoms with E-state index < -0.39 is 23.5 Å². The number of anilines is 1. The lowest BCUT2D eigenvalue weighted by Gasteiger charge is -2.33. The average Bonchev–Trinajstić information content (AvgIpc) is 3.45. The Hall–Kier alpha value is -2.45. The molecule has 1 spiro atoms. The van der Waals surface area contributed by atoms with Crippen LogP contribution in [0.5, 0.6) is 0 Å². The molecule has 1 aromatic rings. The zero-order valence-electron chi connectivity index (χ0n) is 19.3. The Morgan fingerprint density at radius 3 is 2.67 bits per heavy atom. The van der Waals surface area contributed by atoms with E-state index in [2.05, 4.69) is 17.6 Å². The first kappa shape index (κ1) is 23.7. The van der Waals surface area contributed by atoms with Crippen molar-refractivity contribution in [2.24, 2.45) is 11.8 Å². The number of rotatable bonds is 11. The van der Waals surface area contributed by atoms with E-state index in [0.29, 0.717) is 44.5 Å². The number of amides is 3. The maximum atomic E-state index is 13.7. The van der Waals surface area contributed by atoms with Gasteiger partial charge in [-0.15, -0.1) is 0 Å². The minimum atomic E-state index is -0.951. The highest BCUT2D eigenvalue weighted by Crippen LogP contribution is 2.58. The van der Waals surface area contributed by atoms with Crippen LogP contribution in [0, 0.1) is 11.8 Å². The summed E-state index contributed by atoms with van der Waals surface area (Å²) in [6, 6.07) is 8.48. The molecule has 5 atom stereocenters. The fourth-order valence-corrected chi connectivity index (χ4v) is 5.80. The van der Waals surface area contributed by atoms with Crippen LogP contribution in [0.4, 0.5) is 5.69 Å². The van der Waals surface area contributed by atoms with Gasteiger partial charge in [0.15, 0.2) is 0 Å². The first-order valence-electron chi connectivity index (χ1n) is 12.3. The summed E-state index contributed by atoms with van der Waals surface area (Å²) < 4.78 is 6.40. The number of ether oxygens (including phenoxy) is 1. The van der Waals surface area contributed by atoms with Crippen molar-refractivity contribution in [2.45, 2.75) is 69.6 Å². The van der Waals surface area contributed by atoms with Crippen molar-refractivity contribution in [2.75, 3.05) is 25.0 Å². The molecule has 3 heterocycles. The molecule has 0 saturated carbocycles. The van der Waals surface area contributed by atoms with Gasteiger partial charge in [0.1, 0.15) is 11.6 Å². The molecule has 0 aromatic heterocycles. The number of likely N-dealkylation sites (tertiary alicyclic amines) is 1. The molecule has 8 nitrogen and oxygen atoms in total. The molecular weight excluding hydrogens is 422 g/mol. The first-order valence-corrected chi connectivity index (χ1v) is 12.3. The first-order chi connectivity index (χ1) is 16.0. The van der Waals surface area contributed by atoms with E-state index in [-0.39, 0.29) is 30.4 Å². The van der Waals surface area contributed by atoms with Crippen LogP contribution in [0.2, 0.25) is 0 Å². The van der Waals surface area contributed by atoms with E-state index >= 15 is 0 Å². The molecule has 0 radical (unpaired) electrons. The van der Waals surface area contributed by atoms with Gasteiger partial charge >= 0.3 is 0 Å².